The molecule has 0 radical (unpaired) electrons. The first-order valence-corrected chi connectivity index (χ1v) is 11.8. The summed E-state index contributed by atoms with van der Waals surface area (Å²) >= 11 is 6.09. The first-order valence-electron chi connectivity index (χ1n) is 11.5. The maximum Gasteiger partial charge on any atom is 0.326 e. The van der Waals surface area contributed by atoms with Crippen molar-refractivity contribution in [1.29, 1.82) is 0 Å². The number of aryl methyl sites for hydroxylation is 1. The van der Waals surface area contributed by atoms with E-state index in [1.807, 2.05) is 22.8 Å². The molecule has 1 aromatic heterocycles. The molecule has 0 spiro atoms. The van der Waals surface area contributed by atoms with Gasteiger partial charge in [-0.05, 0) is 67.7 Å². The fraction of sp³-hybridized carbons (Fsp3) is 0.296. The molecule has 2 aromatic carbocycles. The predicted octanol–water partition coefficient (Wildman–Crippen LogP) is 5.40. The minimum Gasteiger partial charge on any atom is -0.358 e. The van der Waals surface area contributed by atoms with Gasteiger partial charge in [-0.2, -0.15) is 0 Å². The van der Waals surface area contributed by atoms with Gasteiger partial charge in [-0.15, -0.1) is 0 Å². The van der Waals surface area contributed by atoms with E-state index in [1.54, 1.807) is 0 Å². The molecule has 170 valence electrons. The molecule has 0 aliphatic carbocycles. The fourth-order valence-corrected chi connectivity index (χ4v) is 5.12. The SMILES string of the molecule is C=C1C=C(c2ccc(C)cc2)NC(C)=C1CN1CCC(n2c(=O)[nH]c3cc(Cl)ccc32)CC1. The monoisotopic (exact) mass is 460 g/mol. The number of nitrogens with zero attached hydrogens (tertiary/aromatic N) is 2. The fourth-order valence-electron chi connectivity index (χ4n) is 4.95. The normalized spacial score (nSPS) is 18.0. The van der Waals surface area contributed by atoms with Crippen LogP contribution in [0.1, 0.15) is 36.9 Å². The number of H-pyrrole nitrogens is 1. The molecule has 0 atom stereocenters. The average molecular weight is 461 g/mol. The third kappa shape index (κ3) is 4.31. The van der Waals surface area contributed by atoms with E-state index < -0.39 is 0 Å². The summed E-state index contributed by atoms with van der Waals surface area (Å²) in [6.07, 6.45) is 4.02. The van der Waals surface area contributed by atoms with Crippen LogP contribution in [-0.4, -0.2) is 34.1 Å². The summed E-state index contributed by atoms with van der Waals surface area (Å²) in [5.74, 6) is 0. The van der Waals surface area contributed by atoms with Crippen LogP contribution >= 0.6 is 11.6 Å². The molecular weight excluding hydrogens is 432 g/mol. The number of imidazole rings is 1. The van der Waals surface area contributed by atoms with Crippen molar-refractivity contribution in [2.45, 2.75) is 32.7 Å². The molecule has 0 bridgehead atoms. The minimum atomic E-state index is -0.0529. The maximum absolute atomic E-state index is 12.6. The van der Waals surface area contributed by atoms with Gasteiger partial charge in [0.05, 0.1) is 11.0 Å². The smallest absolute Gasteiger partial charge is 0.326 e. The second-order valence-electron chi connectivity index (χ2n) is 9.15. The van der Waals surface area contributed by atoms with Crippen molar-refractivity contribution < 1.29 is 0 Å². The number of rotatable bonds is 4. The van der Waals surface area contributed by atoms with E-state index in [0.717, 1.165) is 60.5 Å². The molecule has 3 heterocycles. The Hall–Kier alpha value is -3.02. The lowest BCUT2D eigenvalue weighted by Gasteiger charge is -2.34. The van der Waals surface area contributed by atoms with Crippen LogP contribution in [0.2, 0.25) is 5.02 Å². The Balaban J connectivity index is 1.26. The van der Waals surface area contributed by atoms with E-state index in [2.05, 4.69) is 66.0 Å². The van der Waals surface area contributed by atoms with Crippen LogP contribution in [0.15, 0.2) is 76.8 Å². The van der Waals surface area contributed by atoms with Crippen LogP contribution in [0.4, 0.5) is 0 Å². The van der Waals surface area contributed by atoms with Crippen LogP contribution in [-0.2, 0) is 0 Å². The largest absolute Gasteiger partial charge is 0.358 e. The van der Waals surface area contributed by atoms with Gasteiger partial charge < -0.3 is 10.3 Å². The number of allylic oxidation sites excluding steroid dienone is 2. The molecule has 5 nitrogen and oxygen atoms in total. The van der Waals surface area contributed by atoms with E-state index in [0.29, 0.717) is 5.02 Å². The van der Waals surface area contributed by atoms with Gasteiger partial charge in [0.15, 0.2) is 0 Å². The lowest BCUT2D eigenvalue weighted by molar-refractivity contribution is 0.200. The quantitative estimate of drug-likeness (QED) is 0.547. The van der Waals surface area contributed by atoms with Gasteiger partial charge in [-0.25, -0.2) is 4.79 Å². The number of hydrogen-bond donors (Lipinski definition) is 2. The summed E-state index contributed by atoms with van der Waals surface area (Å²) in [6.45, 7) is 11.3. The number of dihydropyridines is 1. The minimum absolute atomic E-state index is 0.0529. The van der Waals surface area contributed by atoms with Crippen molar-refractivity contribution in [3.8, 4) is 0 Å². The predicted molar refractivity (Wildman–Crippen MR) is 136 cm³/mol. The van der Waals surface area contributed by atoms with E-state index in [4.69, 9.17) is 11.6 Å². The summed E-state index contributed by atoms with van der Waals surface area (Å²) in [6, 6.07) is 14.3. The van der Waals surface area contributed by atoms with Crippen LogP contribution < -0.4 is 11.0 Å². The van der Waals surface area contributed by atoms with Crippen LogP contribution in [0.25, 0.3) is 16.7 Å². The number of fused-ring (bicyclic) bond motifs is 1. The van der Waals surface area contributed by atoms with Gasteiger partial charge in [-0.1, -0.05) is 48.0 Å². The van der Waals surface area contributed by atoms with Gasteiger partial charge in [0.2, 0.25) is 0 Å². The highest BCUT2D eigenvalue weighted by Crippen LogP contribution is 2.30. The van der Waals surface area contributed by atoms with Crippen LogP contribution in [0, 0.1) is 6.92 Å². The van der Waals surface area contributed by atoms with E-state index in [9.17, 15) is 4.79 Å². The molecule has 5 rings (SSSR count). The molecule has 3 aromatic rings. The summed E-state index contributed by atoms with van der Waals surface area (Å²) in [5.41, 5.74) is 8.68. The molecule has 33 heavy (non-hydrogen) atoms. The van der Waals surface area contributed by atoms with Gasteiger partial charge in [-0.3, -0.25) is 9.47 Å². The van der Waals surface area contributed by atoms with Crippen LogP contribution in [0.5, 0.6) is 0 Å². The number of aromatic nitrogens is 2. The topological polar surface area (TPSA) is 53.1 Å². The number of hydrogen-bond acceptors (Lipinski definition) is 3. The second-order valence-corrected chi connectivity index (χ2v) is 9.58. The van der Waals surface area contributed by atoms with Gasteiger partial charge in [0.1, 0.15) is 0 Å². The highest BCUT2D eigenvalue weighted by Gasteiger charge is 2.25. The van der Waals surface area contributed by atoms with E-state index in [1.165, 1.54) is 16.7 Å². The number of halogens is 1. The van der Waals surface area contributed by atoms with Crippen molar-refractivity contribution in [2.75, 3.05) is 19.6 Å². The summed E-state index contributed by atoms with van der Waals surface area (Å²) in [4.78, 5) is 18.0. The van der Waals surface area contributed by atoms with Crippen molar-refractivity contribution in [3.63, 3.8) is 0 Å². The summed E-state index contributed by atoms with van der Waals surface area (Å²) in [7, 11) is 0. The molecule has 0 amide bonds. The highest BCUT2D eigenvalue weighted by molar-refractivity contribution is 6.31. The van der Waals surface area contributed by atoms with Crippen molar-refractivity contribution in [3.05, 3.63) is 98.6 Å². The third-order valence-electron chi connectivity index (χ3n) is 6.83. The number of benzene rings is 2. The first kappa shape index (κ1) is 21.8. The highest BCUT2D eigenvalue weighted by atomic mass is 35.5. The zero-order valence-electron chi connectivity index (χ0n) is 19.1. The molecule has 1 saturated heterocycles. The second kappa shape index (κ2) is 8.73. The molecular formula is C27H29ClN4O. The van der Waals surface area contributed by atoms with E-state index in [-0.39, 0.29) is 11.7 Å². The Bertz CT molecular complexity index is 1330. The first-order chi connectivity index (χ1) is 15.9. The molecule has 2 aliphatic heterocycles. The molecule has 2 N–H and O–H groups in total. The van der Waals surface area contributed by atoms with E-state index >= 15 is 0 Å². The summed E-state index contributed by atoms with van der Waals surface area (Å²) < 4.78 is 1.91. The van der Waals surface area contributed by atoms with Crippen molar-refractivity contribution >= 4 is 28.3 Å². The number of likely N-dealkylation sites (tertiary alicyclic amines) is 1. The molecule has 6 heteroatoms. The third-order valence-corrected chi connectivity index (χ3v) is 7.06. The van der Waals surface area contributed by atoms with Crippen molar-refractivity contribution in [1.82, 2.24) is 19.8 Å². The Morgan fingerprint density at radius 3 is 2.52 bits per heavy atom. The van der Waals surface area contributed by atoms with Gasteiger partial charge in [0, 0.05) is 42.1 Å². The Morgan fingerprint density at radius 2 is 1.82 bits per heavy atom. The number of nitrogens with one attached hydrogen (secondary N) is 2. The molecule has 0 unspecified atom stereocenters. The maximum atomic E-state index is 12.6. The molecule has 1 fully saturated rings. The molecule has 0 saturated carbocycles. The standard InChI is InChI=1S/C27H29ClN4O/c1-17-4-6-20(7-5-17)24-14-18(2)23(19(3)29-24)16-31-12-10-22(11-13-31)32-26-9-8-21(28)15-25(26)30-27(32)33/h4-9,14-15,22,29H,2,10-13,16H2,1,3H3,(H,30,33). The van der Waals surface area contributed by atoms with Gasteiger partial charge in [0.25, 0.3) is 0 Å². The lowest BCUT2D eigenvalue weighted by Crippen LogP contribution is -2.38. The van der Waals surface area contributed by atoms with Crippen molar-refractivity contribution in [2.24, 2.45) is 0 Å². The van der Waals surface area contributed by atoms with Crippen LogP contribution in [0.3, 0.4) is 0 Å². The lowest BCUT2D eigenvalue weighted by atomic mass is 9.96. The average Bonchev–Trinajstić information content (AvgIpc) is 3.11. The molecule has 2 aliphatic rings. The zero-order chi connectivity index (χ0) is 23.1. The van der Waals surface area contributed by atoms with Gasteiger partial charge >= 0.3 is 5.69 Å². The Labute approximate surface area is 199 Å². The summed E-state index contributed by atoms with van der Waals surface area (Å²) in [5, 5.41) is 4.21. The zero-order valence-corrected chi connectivity index (χ0v) is 19.9. The number of piperidine rings is 1. The Kier molecular flexibility index (Phi) is 5.77. The Morgan fingerprint density at radius 1 is 1.09 bits per heavy atom. The number of aromatic amines is 1.